The number of hydrogen-bond donors (Lipinski definition) is 3. The number of guanidine groups is 1. The smallest absolute Gasteiger partial charge is 0.239 e. The van der Waals surface area contributed by atoms with Crippen molar-refractivity contribution >= 4 is 35.8 Å². The molecule has 2 rings (SSSR count). The minimum atomic E-state index is -0.0648. The van der Waals surface area contributed by atoms with E-state index in [1.807, 2.05) is 49.4 Å². The van der Waals surface area contributed by atoms with Crippen LogP contribution in [-0.2, 0) is 17.9 Å². The molecule has 0 aliphatic heterocycles. The number of aliphatic imine (C=N–C) groups is 1. The summed E-state index contributed by atoms with van der Waals surface area (Å²) in [4.78, 5) is 16.5. The highest BCUT2D eigenvalue weighted by Crippen LogP contribution is 2.04. The molecular weight excluding hydrogens is 439 g/mol. The molecule has 0 atom stereocenters. The summed E-state index contributed by atoms with van der Waals surface area (Å²) in [6.07, 6.45) is 0. The normalized spacial score (nSPS) is 10.6. The van der Waals surface area contributed by atoms with Gasteiger partial charge in [0.2, 0.25) is 5.91 Å². The number of aryl methyl sites for hydroxylation is 1. The first-order valence-electron chi connectivity index (χ1n) is 8.55. The van der Waals surface area contributed by atoms with E-state index in [1.54, 1.807) is 0 Å². The number of nitrogens with one attached hydrogen (secondary N) is 3. The Morgan fingerprint density at radius 2 is 1.69 bits per heavy atom. The first kappa shape index (κ1) is 22.0. The van der Waals surface area contributed by atoms with Crippen molar-refractivity contribution in [2.24, 2.45) is 4.99 Å². The molecule has 0 radical (unpaired) electrons. The highest BCUT2D eigenvalue weighted by atomic mass is 127. The van der Waals surface area contributed by atoms with E-state index in [9.17, 15) is 4.79 Å². The number of rotatable bonds is 7. The molecule has 3 N–H and O–H groups in total. The average molecular weight is 466 g/mol. The van der Waals surface area contributed by atoms with Crippen molar-refractivity contribution < 1.29 is 4.79 Å². The summed E-state index contributed by atoms with van der Waals surface area (Å²) in [6.45, 7) is 6.09. The predicted molar refractivity (Wildman–Crippen MR) is 118 cm³/mol. The zero-order valence-electron chi connectivity index (χ0n) is 15.3. The number of amides is 1. The summed E-state index contributed by atoms with van der Waals surface area (Å²) >= 11 is 0. The number of carbonyl (C=O) groups excluding carboxylic acids is 1. The van der Waals surface area contributed by atoms with Gasteiger partial charge in [0, 0.05) is 13.1 Å². The Morgan fingerprint density at radius 3 is 2.38 bits per heavy atom. The Hall–Kier alpha value is -2.09. The maximum atomic E-state index is 12.0. The molecule has 0 saturated carbocycles. The summed E-state index contributed by atoms with van der Waals surface area (Å²) in [6, 6.07) is 18.1. The largest absolute Gasteiger partial charge is 0.357 e. The first-order chi connectivity index (χ1) is 12.2. The molecule has 0 aliphatic carbocycles. The fourth-order valence-corrected chi connectivity index (χ4v) is 2.35. The van der Waals surface area contributed by atoms with Gasteiger partial charge < -0.3 is 16.0 Å². The van der Waals surface area contributed by atoms with Gasteiger partial charge in [-0.1, -0.05) is 60.2 Å². The van der Waals surface area contributed by atoms with Gasteiger partial charge in [0.1, 0.15) is 0 Å². The van der Waals surface area contributed by atoms with Crippen LogP contribution in [0.15, 0.2) is 59.6 Å². The second kappa shape index (κ2) is 12.3. The predicted octanol–water partition coefficient (Wildman–Crippen LogP) is 2.98. The molecule has 5 nitrogen and oxygen atoms in total. The molecule has 6 heteroatoms. The Labute approximate surface area is 172 Å². The third-order valence-electron chi connectivity index (χ3n) is 3.60. The summed E-state index contributed by atoms with van der Waals surface area (Å²) in [7, 11) is 0. The molecule has 0 bridgehead atoms. The molecule has 26 heavy (non-hydrogen) atoms. The molecule has 140 valence electrons. The lowest BCUT2D eigenvalue weighted by atomic mass is 10.1. The number of carbonyl (C=O) groups is 1. The van der Waals surface area contributed by atoms with E-state index in [1.165, 1.54) is 5.56 Å². The van der Waals surface area contributed by atoms with Gasteiger partial charge in [0.25, 0.3) is 0 Å². The van der Waals surface area contributed by atoms with Gasteiger partial charge >= 0.3 is 0 Å². The maximum absolute atomic E-state index is 12.0. The number of hydrogen-bond acceptors (Lipinski definition) is 2. The number of halogens is 1. The molecule has 0 unspecified atom stereocenters. The lowest BCUT2D eigenvalue weighted by molar-refractivity contribution is -0.120. The zero-order chi connectivity index (χ0) is 17.9. The van der Waals surface area contributed by atoms with Crippen LogP contribution in [0.1, 0.15) is 23.6 Å². The van der Waals surface area contributed by atoms with Crippen LogP contribution in [0.4, 0.5) is 0 Å². The summed E-state index contributed by atoms with van der Waals surface area (Å²) < 4.78 is 0. The van der Waals surface area contributed by atoms with E-state index in [-0.39, 0.29) is 36.4 Å². The van der Waals surface area contributed by atoms with E-state index in [0.29, 0.717) is 19.0 Å². The van der Waals surface area contributed by atoms with Gasteiger partial charge in [-0.2, -0.15) is 0 Å². The van der Waals surface area contributed by atoms with Crippen LogP contribution in [0.5, 0.6) is 0 Å². The SMILES string of the molecule is CCNC(=NCc1cccc(C)c1)NCC(=O)NCc1ccccc1.I. The summed E-state index contributed by atoms with van der Waals surface area (Å²) in [5.74, 6) is 0.573. The lowest BCUT2D eigenvalue weighted by Crippen LogP contribution is -2.43. The minimum Gasteiger partial charge on any atom is -0.357 e. The number of nitrogens with zero attached hydrogens (tertiary/aromatic N) is 1. The molecular formula is C20H27IN4O. The van der Waals surface area contributed by atoms with E-state index in [4.69, 9.17) is 0 Å². The molecule has 0 fully saturated rings. The Kier molecular flexibility index (Phi) is 10.4. The Morgan fingerprint density at radius 1 is 0.962 bits per heavy atom. The summed E-state index contributed by atoms with van der Waals surface area (Å²) in [5, 5.41) is 9.12. The molecule has 0 aliphatic rings. The van der Waals surface area contributed by atoms with Crippen molar-refractivity contribution in [3.63, 3.8) is 0 Å². The van der Waals surface area contributed by atoms with Crippen molar-refractivity contribution in [2.45, 2.75) is 26.9 Å². The van der Waals surface area contributed by atoms with E-state index >= 15 is 0 Å². The highest BCUT2D eigenvalue weighted by molar-refractivity contribution is 14.0. The molecule has 0 heterocycles. The molecule has 0 spiro atoms. The lowest BCUT2D eigenvalue weighted by Gasteiger charge is -2.11. The molecule has 0 aromatic heterocycles. The van der Waals surface area contributed by atoms with Crippen molar-refractivity contribution in [1.82, 2.24) is 16.0 Å². The fraction of sp³-hybridized carbons (Fsp3) is 0.300. The fourth-order valence-electron chi connectivity index (χ4n) is 2.35. The summed E-state index contributed by atoms with van der Waals surface area (Å²) in [5.41, 5.74) is 3.44. The third-order valence-corrected chi connectivity index (χ3v) is 3.60. The highest BCUT2D eigenvalue weighted by Gasteiger charge is 2.03. The van der Waals surface area contributed by atoms with Crippen LogP contribution >= 0.6 is 24.0 Å². The van der Waals surface area contributed by atoms with Gasteiger partial charge in [0.15, 0.2) is 5.96 Å². The van der Waals surface area contributed by atoms with Crippen LogP contribution in [-0.4, -0.2) is 25.0 Å². The monoisotopic (exact) mass is 466 g/mol. The standard InChI is InChI=1S/C20H26N4O.HI/c1-3-21-20(23-14-18-11-7-8-16(2)12-18)24-15-19(25)22-13-17-9-5-4-6-10-17;/h4-12H,3,13-15H2,1-2H3,(H,22,25)(H2,21,23,24);1H. The first-order valence-corrected chi connectivity index (χ1v) is 8.55. The van der Waals surface area contributed by atoms with Crippen molar-refractivity contribution in [2.75, 3.05) is 13.1 Å². The maximum Gasteiger partial charge on any atom is 0.239 e. The van der Waals surface area contributed by atoms with E-state index < -0.39 is 0 Å². The van der Waals surface area contributed by atoms with Crippen LogP contribution < -0.4 is 16.0 Å². The van der Waals surface area contributed by atoms with Crippen LogP contribution in [0.2, 0.25) is 0 Å². The van der Waals surface area contributed by atoms with Crippen LogP contribution in [0.3, 0.4) is 0 Å². The second-order valence-corrected chi connectivity index (χ2v) is 5.80. The minimum absolute atomic E-state index is 0. The van der Waals surface area contributed by atoms with Crippen molar-refractivity contribution in [3.05, 3.63) is 71.3 Å². The van der Waals surface area contributed by atoms with Gasteiger partial charge in [-0.05, 0) is 25.0 Å². The number of benzene rings is 2. The van der Waals surface area contributed by atoms with Crippen molar-refractivity contribution in [1.29, 1.82) is 0 Å². The van der Waals surface area contributed by atoms with E-state index in [2.05, 4.69) is 40.0 Å². The topological polar surface area (TPSA) is 65.5 Å². The van der Waals surface area contributed by atoms with Gasteiger partial charge in [0.05, 0.1) is 13.1 Å². The molecule has 1 amide bonds. The van der Waals surface area contributed by atoms with Gasteiger partial charge in [-0.25, -0.2) is 4.99 Å². The Balaban J connectivity index is 0.00000338. The molecule has 2 aromatic rings. The van der Waals surface area contributed by atoms with Crippen LogP contribution in [0.25, 0.3) is 0 Å². The third kappa shape index (κ3) is 8.33. The average Bonchev–Trinajstić information content (AvgIpc) is 2.63. The van der Waals surface area contributed by atoms with Crippen LogP contribution in [0, 0.1) is 6.92 Å². The van der Waals surface area contributed by atoms with Gasteiger partial charge in [-0.3, -0.25) is 4.79 Å². The van der Waals surface area contributed by atoms with E-state index in [0.717, 1.165) is 17.7 Å². The quantitative estimate of drug-likeness (QED) is 0.334. The molecule has 0 saturated heterocycles. The van der Waals surface area contributed by atoms with Gasteiger partial charge in [-0.15, -0.1) is 24.0 Å². The molecule has 2 aromatic carbocycles. The second-order valence-electron chi connectivity index (χ2n) is 5.80. The Bertz CT molecular complexity index is 704. The zero-order valence-corrected chi connectivity index (χ0v) is 17.6. The van der Waals surface area contributed by atoms with Crippen molar-refractivity contribution in [3.8, 4) is 0 Å².